The van der Waals surface area contributed by atoms with Gasteiger partial charge in [-0.25, -0.2) is 0 Å². The van der Waals surface area contributed by atoms with Crippen molar-refractivity contribution in [1.29, 1.82) is 0 Å². The summed E-state index contributed by atoms with van der Waals surface area (Å²) in [6.07, 6.45) is -1.45. The van der Waals surface area contributed by atoms with E-state index in [1.165, 1.54) is 18.3 Å². The van der Waals surface area contributed by atoms with Crippen LogP contribution in [-0.4, -0.2) is 32.4 Å². The van der Waals surface area contributed by atoms with Gasteiger partial charge < -0.3 is 10.1 Å². The van der Waals surface area contributed by atoms with Crippen molar-refractivity contribution in [3.8, 4) is 11.6 Å². The summed E-state index contributed by atoms with van der Waals surface area (Å²) in [7, 11) is 0. The van der Waals surface area contributed by atoms with Crippen LogP contribution in [-0.2, 0) is 12.7 Å². The molecule has 32 heavy (non-hydrogen) atoms. The number of nitrogens with one attached hydrogen (secondary N) is 1. The second kappa shape index (κ2) is 8.83. The molecule has 0 atom stereocenters. The fourth-order valence-electron chi connectivity index (χ4n) is 3.01. The molecule has 164 valence electrons. The SMILES string of the molecule is O=C(NCCn1cc(Cl)cn1)c1c(Oc2cccc(C(F)(F)F)c2)nnc2ccccc12. The normalized spacial score (nSPS) is 11.5. The van der Waals surface area contributed by atoms with Crippen molar-refractivity contribution in [1.82, 2.24) is 25.3 Å². The molecule has 11 heteroatoms. The largest absolute Gasteiger partial charge is 0.437 e. The first-order valence-corrected chi connectivity index (χ1v) is 9.76. The highest BCUT2D eigenvalue weighted by Gasteiger charge is 2.31. The first-order valence-electron chi connectivity index (χ1n) is 9.38. The Morgan fingerprint density at radius 1 is 1.12 bits per heavy atom. The third-order valence-corrected chi connectivity index (χ3v) is 4.66. The first kappa shape index (κ1) is 21.6. The highest BCUT2D eigenvalue weighted by Crippen LogP contribution is 2.33. The van der Waals surface area contributed by atoms with E-state index in [1.807, 2.05) is 0 Å². The zero-order valence-corrected chi connectivity index (χ0v) is 17.1. The van der Waals surface area contributed by atoms with Crippen LogP contribution in [0.25, 0.3) is 10.9 Å². The molecule has 0 spiro atoms. The van der Waals surface area contributed by atoms with Gasteiger partial charge in [0.2, 0.25) is 0 Å². The Labute approximate surface area is 184 Å². The second-order valence-electron chi connectivity index (χ2n) is 6.70. The van der Waals surface area contributed by atoms with Gasteiger partial charge in [0.1, 0.15) is 11.3 Å². The number of amides is 1. The molecule has 0 bridgehead atoms. The van der Waals surface area contributed by atoms with Gasteiger partial charge in [0, 0.05) is 18.1 Å². The van der Waals surface area contributed by atoms with Gasteiger partial charge in [0.25, 0.3) is 11.8 Å². The Morgan fingerprint density at radius 3 is 2.69 bits per heavy atom. The minimum Gasteiger partial charge on any atom is -0.437 e. The van der Waals surface area contributed by atoms with E-state index in [2.05, 4.69) is 20.6 Å². The zero-order valence-electron chi connectivity index (χ0n) is 16.3. The predicted molar refractivity (Wildman–Crippen MR) is 111 cm³/mol. The fourth-order valence-corrected chi connectivity index (χ4v) is 3.16. The van der Waals surface area contributed by atoms with E-state index in [9.17, 15) is 18.0 Å². The van der Waals surface area contributed by atoms with E-state index in [0.717, 1.165) is 12.1 Å². The molecule has 7 nitrogen and oxygen atoms in total. The van der Waals surface area contributed by atoms with Crippen LogP contribution in [0.4, 0.5) is 13.2 Å². The summed E-state index contributed by atoms with van der Waals surface area (Å²) in [6, 6.07) is 11.1. The second-order valence-corrected chi connectivity index (χ2v) is 7.14. The van der Waals surface area contributed by atoms with Gasteiger partial charge in [-0.05, 0) is 24.3 Å². The standard InChI is InChI=1S/C21H15ClF3N5O2/c22-14-11-27-30(12-14)9-8-26-19(31)18-16-6-1-2-7-17(16)28-29-20(18)32-15-5-3-4-13(10-15)21(23,24)25/h1-7,10-12H,8-9H2,(H,26,31). The number of halogens is 4. The van der Waals surface area contributed by atoms with E-state index in [4.69, 9.17) is 16.3 Å². The molecule has 0 aliphatic carbocycles. The van der Waals surface area contributed by atoms with Crippen molar-refractivity contribution < 1.29 is 22.7 Å². The van der Waals surface area contributed by atoms with Gasteiger partial charge >= 0.3 is 6.18 Å². The Kier molecular flexibility index (Phi) is 5.95. The van der Waals surface area contributed by atoms with Crippen molar-refractivity contribution in [3.63, 3.8) is 0 Å². The molecular weight excluding hydrogens is 447 g/mol. The summed E-state index contributed by atoms with van der Waals surface area (Å²) in [5.74, 6) is -0.844. The summed E-state index contributed by atoms with van der Waals surface area (Å²) in [4.78, 5) is 13.0. The topological polar surface area (TPSA) is 81.9 Å². The molecule has 2 aromatic heterocycles. The Bertz CT molecular complexity index is 1280. The number of hydrogen-bond acceptors (Lipinski definition) is 5. The van der Waals surface area contributed by atoms with Crippen molar-refractivity contribution in [2.45, 2.75) is 12.7 Å². The lowest BCUT2D eigenvalue weighted by atomic mass is 10.1. The van der Waals surface area contributed by atoms with Gasteiger partial charge in [-0.3, -0.25) is 9.48 Å². The highest BCUT2D eigenvalue weighted by molar-refractivity contribution is 6.30. The van der Waals surface area contributed by atoms with E-state index in [0.29, 0.717) is 22.5 Å². The third-order valence-electron chi connectivity index (χ3n) is 4.47. The summed E-state index contributed by atoms with van der Waals surface area (Å²) in [5.41, 5.74) is -0.382. The molecule has 2 heterocycles. The smallest absolute Gasteiger partial charge is 0.416 e. The van der Waals surface area contributed by atoms with E-state index in [1.54, 1.807) is 35.1 Å². The number of rotatable bonds is 6. The average molecular weight is 462 g/mol. The third kappa shape index (κ3) is 4.80. The Balaban J connectivity index is 1.63. The van der Waals surface area contributed by atoms with Crippen LogP contribution in [0.5, 0.6) is 11.6 Å². The van der Waals surface area contributed by atoms with Crippen molar-refractivity contribution in [2.75, 3.05) is 6.54 Å². The van der Waals surface area contributed by atoms with Gasteiger partial charge in [-0.2, -0.15) is 18.3 Å². The lowest BCUT2D eigenvalue weighted by molar-refractivity contribution is -0.137. The molecule has 4 rings (SSSR count). The summed E-state index contributed by atoms with van der Waals surface area (Å²) in [5, 5.41) is 15.6. The van der Waals surface area contributed by atoms with Crippen LogP contribution in [0.15, 0.2) is 60.9 Å². The van der Waals surface area contributed by atoms with Gasteiger partial charge in [-0.1, -0.05) is 35.9 Å². The number of nitrogens with zero attached hydrogens (tertiary/aromatic N) is 4. The number of hydrogen-bond donors (Lipinski definition) is 1. The number of carbonyl (C=O) groups excluding carboxylic acids is 1. The van der Waals surface area contributed by atoms with Gasteiger partial charge in [0.05, 0.1) is 28.8 Å². The van der Waals surface area contributed by atoms with Crippen LogP contribution in [0.2, 0.25) is 5.02 Å². The molecule has 4 aromatic rings. The van der Waals surface area contributed by atoms with E-state index in [-0.39, 0.29) is 23.7 Å². The summed E-state index contributed by atoms with van der Waals surface area (Å²) in [6.45, 7) is 0.579. The maximum atomic E-state index is 13.0. The maximum absolute atomic E-state index is 13.0. The summed E-state index contributed by atoms with van der Waals surface area (Å²) < 4.78 is 46.3. The molecular formula is C21H15ClF3N5O2. The van der Waals surface area contributed by atoms with Crippen molar-refractivity contribution in [3.05, 3.63) is 77.1 Å². The Morgan fingerprint density at radius 2 is 1.94 bits per heavy atom. The fraction of sp³-hybridized carbons (Fsp3) is 0.143. The minimum absolute atomic E-state index is 0.0616. The van der Waals surface area contributed by atoms with Crippen LogP contribution < -0.4 is 10.1 Å². The maximum Gasteiger partial charge on any atom is 0.416 e. The number of benzene rings is 2. The molecule has 1 amide bonds. The Hall–Kier alpha value is -3.66. The molecule has 1 N–H and O–H groups in total. The number of carbonyl (C=O) groups is 1. The van der Waals surface area contributed by atoms with Crippen LogP contribution in [0, 0.1) is 0 Å². The lowest BCUT2D eigenvalue weighted by Crippen LogP contribution is -2.28. The van der Waals surface area contributed by atoms with Crippen LogP contribution >= 0.6 is 11.6 Å². The summed E-state index contributed by atoms with van der Waals surface area (Å²) >= 11 is 5.83. The minimum atomic E-state index is -4.54. The van der Waals surface area contributed by atoms with Crippen molar-refractivity contribution in [2.24, 2.45) is 0 Å². The molecule has 0 saturated heterocycles. The van der Waals surface area contributed by atoms with Crippen LogP contribution in [0.3, 0.4) is 0 Å². The molecule has 2 aromatic carbocycles. The van der Waals surface area contributed by atoms with Crippen molar-refractivity contribution >= 4 is 28.4 Å². The number of aromatic nitrogens is 4. The number of fused-ring (bicyclic) bond motifs is 1. The molecule has 0 unspecified atom stereocenters. The lowest BCUT2D eigenvalue weighted by Gasteiger charge is -2.13. The van der Waals surface area contributed by atoms with E-state index >= 15 is 0 Å². The monoisotopic (exact) mass is 461 g/mol. The quantitative estimate of drug-likeness (QED) is 0.449. The molecule has 0 aliphatic heterocycles. The number of alkyl halides is 3. The van der Waals surface area contributed by atoms with Gasteiger partial charge in [-0.15, -0.1) is 10.2 Å². The van der Waals surface area contributed by atoms with E-state index < -0.39 is 17.6 Å². The predicted octanol–water partition coefficient (Wildman–Crippen LogP) is 4.72. The van der Waals surface area contributed by atoms with Crippen LogP contribution in [0.1, 0.15) is 15.9 Å². The highest BCUT2D eigenvalue weighted by atomic mass is 35.5. The van der Waals surface area contributed by atoms with Gasteiger partial charge in [0.15, 0.2) is 0 Å². The average Bonchev–Trinajstić information content (AvgIpc) is 3.18. The number of ether oxygens (including phenoxy) is 1. The molecule has 0 aliphatic rings. The first-order chi connectivity index (χ1) is 15.3. The zero-order chi connectivity index (χ0) is 22.7. The molecule has 0 fully saturated rings. The molecule has 0 saturated carbocycles. The molecule has 0 radical (unpaired) electrons.